The molecule has 0 saturated carbocycles. The molecule has 1 aliphatic rings. The topological polar surface area (TPSA) is 49.8 Å². The second kappa shape index (κ2) is 3.23. The SMILES string of the molecule is [B]N1CC[C@H](O)[C@H]1C(=O)OC. The highest BCUT2D eigenvalue weighted by molar-refractivity contribution is 6.06. The lowest BCUT2D eigenvalue weighted by Gasteiger charge is -2.19. The predicted octanol–water partition coefficient (Wildman–Crippen LogP) is -1.32. The number of hydrogen-bond donors (Lipinski definition) is 1. The molecule has 0 unspecified atom stereocenters. The van der Waals surface area contributed by atoms with E-state index >= 15 is 0 Å². The van der Waals surface area contributed by atoms with Crippen LogP contribution < -0.4 is 0 Å². The van der Waals surface area contributed by atoms with Crippen LogP contribution in [-0.4, -0.2) is 49.7 Å². The van der Waals surface area contributed by atoms with Crippen molar-refractivity contribution < 1.29 is 14.6 Å². The van der Waals surface area contributed by atoms with Crippen LogP contribution in [-0.2, 0) is 9.53 Å². The van der Waals surface area contributed by atoms with Crippen molar-refractivity contribution in [2.75, 3.05) is 13.7 Å². The van der Waals surface area contributed by atoms with E-state index in [1.54, 1.807) is 0 Å². The van der Waals surface area contributed by atoms with Gasteiger partial charge in [0.2, 0.25) is 0 Å². The van der Waals surface area contributed by atoms with Crippen molar-refractivity contribution in [1.29, 1.82) is 0 Å². The van der Waals surface area contributed by atoms with Crippen molar-refractivity contribution in [2.24, 2.45) is 0 Å². The zero-order chi connectivity index (χ0) is 8.43. The summed E-state index contributed by atoms with van der Waals surface area (Å²) in [6, 6.07) is -0.681. The summed E-state index contributed by atoms with van der Waals surface area (Å²) in [4.78, 5) is 12.2. The van der Waals surface area contributed by atoms with Gasteiger partial charge in [-0.05, 0) is 13.0 Å². The van der Waals surface area contributed by atoms with Crippen LogP contribution in [0.3, 0.4) is 0 Å². The fourth-order valence-corrected chi connectivity index (χ4v) is 1.21. The minimum absolute atomic E-state index is 0.475. The molecule has 0 aromatic rings. The van der Waals surface area contributed by atoms with E-state index in [4.69, 9.17) is 7.98 Å². The smallest absolute Gasteiger partial charge is 0.324 e. The van der Waals surface area contributed by atoms with E-state index in [-0.39, 0.29) is 0 Å². The van der Waals surface area contributed by atoms with Gasteiger partial charge in [-0.3, -0.25) is 4.79 Å². The van der Waals surface area contributed by atoms with Gasteiger partial charge in [0.25, 0.3) is 0 Å². The van der Waals surface area contributed by atoms with E-state index in [1.807, 2.05) is 0 Å². The molecule has 0 aromatic carbocycles. The quantitative estimate of drug-likeness (QED) is 0.376. The molecule has 4 nitrogen and oxygen atoms in total. The molecular formula is C6H10BNO3. The number of carbonyl (C=O) groups excluding carboxylic acids is 1. The average molecular weight is 155 g/mol. The highest BCUT2D eigenvalue weighted by Gasteiger charge is 2.36. The summed E-state index contributed by atoms with van der Waals surface area (Å²) in [6.07, 6.45) is -0.163. The number of methoxy groups -OCH3 is 1. The first kappa shape index (κ1) is 8.55. The van der Waals surface area contributed by atoms with Gasteiger partial charge in [0, 0.05) is 0 Å². The number of aliphatic hydroxyl groups is 1. The normalized spacial score (nSPS) is 32.2. The molecule has 1 N–H and O–H groups in total. The maximum absolute atomic E-state index is 10.9. The van der Waals surface area contributed by atoms with Crippen LogP contribution in [0.4, 0.5) is 0 Å². The fraction of sp³-hybridized carbons (Fsp3) is 0.833. The molecule has 0 bridgehead atoms. The van der Waals surface area contributed by atoms with E-state index in [9.17, 15) is 9.90 Å². The van der Waals surface area contributed by atoms with Crippen LogP contribution in [0.2, 0.25) is 0 Å². The third-order valence-electron chi connectivity index (χ3n) is 1.85. The van der Waals surface area contributed by atoms with Crippen molar-refractivity contribution in [3.63, 3.8) is 0 Å². The molecule has 0 spiro atoms. The van der Waals surface area contributed by atoms with Gasteiger partial charge in [0.05, 0.1) is 13.2 Å². The van der Waals surface area contributed by atoms with E-state index in [1.165, 1.54) is 11.9 Å². The summed E-state index contributed by atoms with van der Waals surface area (Å²) in [5.41, 5.74) is 0. The van der Waals surface area contributed by atoms with Crippen LogP contribution in [0.5, 0.6) is 0 Å². The summed E-state index contributed by atoms with van der Waals surface area (Å²) in [7, 11) is 6.70. The second-order valence-corrected chi connectivity index (χ2v) is 2.56. The monoisotopic (exact) mass is 155 g/mol. The number of nitrogens with zero attached hydrogens (tertiary/aromatic N) is 1. The van der Waals surface area contributed by atoms with Gasteiger partial charge in [0.1, 0.15) is 6.04 Å². The van der Waals surface area contributed by atoms with Crippen LogP contribution in [0.15, 0.2) is 0 Å². The standard InChI is InChI=1S/C6H10BNO3/c1-11-6(10)5-4(9)2-3-8(5)7/h4-5,9H,2-3H2,1H3/t4-,5-/m0/s1. The number of rotatable bonds is 1. The summed E-state index contributed by atoms with van der Waals surface area (Å²) in [5.74, 6) is -0.475. The van der Waals surface area contributed by atoms with Crippen LogP contribution >= 0.6 is 0 Å². The van der Waals surface area contributed by atoms with Crippen molar-refractivity contribution in [3.8, 4) is 0 Å². The summed E-state index contributed by atoms with van der Waals surface area (Å²) in [6.45, 7) is 0.529. The molecule has 0 aromatic heterocycles. The van der Waals surface area contributed by atoms with Crippen molar-refractivity contribution in [3.05, 3.63) is 0 Å². The maximum atomic E-state index is 10.9. The molecule has 0 aliphatic carbocycles. The average Bonchev–Trinajstić information content (AvgIpc) is 2.30. The minimum Gasteiger partial charge on any atom is -0.468 e. The van der Waals surface area contributed by atoms with Gasteiger partial charge in [-0.15, -0.1) is 0 Å². The Hall–Kier alpha value is -0.545. The van der Waals surface area contributed by atoms with Gasteiger partial charge in [-0.1, -0.05) is 0 Å². The first-order chi connectivity index (χ1) is 5.16. The largest absolute Gasteiger partial charge is 0.468 e. The van der Waals surface area contributed by atoms with Crippen LogP contribution in [0, 0.1) is 0 Å². The summed E-state index contributed by atoms with van der Waals surface area (Å²) < 4.78 is 4.45. The van der Waals surface area contributed by atoms with Gasteiger partial charge >= 0.3 is 5.97 Å². The molecule has 1 aliphatic heterocycles. The number of ether oxygens (including phenoxy) is 1. The molecule has 2 radical (unpaired) electrons. The fourth-order valence-electron chi connectivity index (χ4n) is 1.21. The molecule has 1 rings (SSSR count). The van der Waals surface area contributed by atoms with Crippen LogP contribution in [0.25, 0.3) is 0 Å². The van der Waals surface area contributed by atoms with E-state index in [0.29, 0.717) is 13.0 Å². The van der Waals surface area contributed by atoms with Crippen molar-refractivity contribution >= 4 is 14.0 Å². The predicted molar refractivity (Wildman–Crippen MR) is 38.9 cm³/mol. The van der Waals surface area contributed by atoms with E-state index in [2.05, 4.69) is 4.74 Å². The van der Waals surface area contributed by atoms with Crippen LogP contribution in [0.1, 0.15) is 6.42 Å². The van der Waals surface area contributed by atoms with Gasteiger partial charge in [-0.2, -0.15) is 0 Å². The first-order valence-electron chi connectivity index (χ1n) is 3.44. The molecule has 60 valence electrons. The van der Waals surface area contributed by atoms with Gasteiger partial charge in [-0.25, -0.2) is 0 Å². The third-order valence-corrected chi connectivity index (χ3v) is 1.85. The Bertz CT molecular complexity index is 154. The molecule has 1 fully saturated rings. The number of hydrogen-bond acceptors (Lipinski definition) is 4. The zero-order valence-corrected chi connectivity index (χ0v) is 6.36. The molecule has 0 amide bonds. The Morgan fingerprint density at radius 3 is 2.82 bits per heavy atom. The Morgan fingerprint density at radius 2 is 2.45 bits per heavy atom. The second-order valence-electron chi connectivity index (χ2n) is 2.56. The maximum Gasteiger partial charge on any atom is 0.324 e. The van der Waals surface area contributed by atoms with Crippen molar-refractivity contribution in [2.45, 2.75) is 18.6 Å². The zero-order valence-electron chi connectivity index (χ0n) is 6.36. The molecular weight excluding hydrogens is 145 g/mol. The number of aliphatic hydroxyl groups excluding tert-OH is 1. The Kier molecular flexibility index (Phi) is 2.51. The number of esters is 1. The summed E-state index contributed by atoms with van der Waals surface area (Å²) >= 11 is 0. The van der Waals surface area contributed by atoms with E-state index < -0.39 is 18.1 Å². The Labute approximate surface area is 66.6 Å². The summed E-state index contributed by atoms with van der Waals surface area (Å²) in [5, 5.41) is 9.24. The van der Waals surface area contributed by atoms with Crippen molar-refractivity contribution in [1.82, 2.24) is 4.81 Å². The van der Waals surface area contributed by atoms with E-state index in [0.717, 1.165) is 0 Å². The molecule has 11 heavy (non-hydrogen) atoms. The lowest BCUT2D eigenvalue weighted by molar-refractivity contribution is -0.146. The third kappa shape index (κ3) is 1.54. The highest BCUT2D eigenvalue weighted by atomic mass is 16.5. The Balaban J connectivity index is 2.60. The molecule has 1 heterocycles. The lowest BCUT2D eigenvalue weighted by atomic mass is 10.1. The number of carbonyl (C=O) groups is 1. The van der Waals surface area contributed by atoms with Gasteiger partial charge in [0.15, 0.2) is 7.98 Å². The van der Waals surface area contributed by atoms with Gasteiger partial charge < -0.3 is 14.7 Å². The highest BCUT2D eigenvalue weighted by Crippen LogP contribution is 2.15. The molecule has 1 saturated heterocycles. The minimum atomic E-state index is -0.688. The first-order valence-corrected chi connectivity index (χ1v) is 3.44. The molecule has 2 atom stereocenters. The Morgan fingerprint density at radius 1 is 1.82 bits per heavy atom. The molecule has 5 heteroatoms. The lowest BCUT2D eigenvalue weighted by Crippen LogP contribution is -2.41.